The maximum absolute atomic E-state index is 10.7. The first-order valence-corrected chi connectivity index (χ1v) is 5.32. The summed E-state index contributed by atoms with van der Waals surface area (Å²) in [5.74, 6) is 0.463. The summed E-state index contributed by atoms with van der Waals surface area (Å²) < 4.78 is 1.68. The van der Waals surface area contributed by atoms with Gasteiger partial charge in [0, 0.05) is 18.8 Å². The number of nitro groups is 1. The van der Waals surface area contributed by atoms with Gasteiger partial charge in [-0.15, -0.1) is 11.6 Å². The number of halogens is 1. The molecule has 6 heteroatoms. The van der Waals surface area contributed by atoms with Gasteiger partial charge in [-0.2, -0.15) is 0 Å². The lowest BCUT2D eigenvalue weighted by Crippen LogP contribution is -2.10. The predicted octanol–water partition coefficient (Wildman–Crippen LogP) is 1.89. The summed E-state index contributed by atoms with van der Waals surface area (Å²) in [6.07, 6.45) is 4.27. The van der Waals surface area contributed by atoms with Crippen molar-refractivity contribution in [3.8, 4) is 0 Å². The summed E-state index contributed by atoms with van der Waals surface area (Å²) in [4.78, 5) is 14.0. The third-order valence-electron chi connectivity index (χ3n) is 2.73. The van der Waals surface area contributed by atoms with Crippen LogP contribution < -0.4 is 0 Å². The summed E-state index contributed by atoms with van der Waals surface area (Å²) in [6.45, 7) is 0. The van der Waals surface area contributed by atoms with Crippen molar-refractivity contribution in [1.82, 2.24) is 9.55 Å². The molecule has 5 nitrogen and oxygen atoms in total. The van der Waals surface area contributed by atoms with Crippen LogP contribution in [-0.4, -0.2) is 19.9 Å². The molecule has 0 amide bonds. The zero-order chi connectivity index (χ0) is 11.0. The maximum atomic E-state index is 10.7. The molecule has 2 rings (SSSR count). The van der Waals surface area contributed by atoms with Crippen molar-refractivity contribution < 1.29 is 4.92 Å². The van der Waals surface area contributed by atoms with Gasteiger partial charge in [-0.25, -0.2) is 0 Å². The van der Waals surface area contributed by atoms with E-state index in [9.17, 15) is 10.1 Å². The number of nitrogens with zero attached hydrogens (tertiary/aromatic N) is 3. The Hall–Kier alpha value is -1.10. The normalized spacial score (nSPS) is 17.7. The van der Waals surface area contributed by atoms with Crippen LogP contribution in [0.2, 0.25) is 0 Å². The second-order valence-corrected chi connectivity index (χ2v) is 4.50. The number of rotatable bonds is 4. The zero-order valence-corrected chi connectivity index (χ0v) is 9.15. The molecule has 0 bridgehead atoms. The standard InChI is InChI=1S/C9H12ClN3O2/c1-12-5-11-9(13(14)15)8(12)4-7(10)6-2-3-6/h5-7H,2-4H2,1H3. The Morgan fingerprint density at radius 1 is 1.80 bits per heavy atom. The highest BCUT2D eigenvalue weighted by molar-refractivity contribution is 6.21. The van der Waals surface area contributed by atoms with E-state index in [1.54, 1.807) is 11.6 Å². The molecule has 1 heterocycles. The van der Waals surface area contributed by atoms with Crippen molar-refractivity contribution in [2.45, 2.75) is 24.6 Å². The van der Waals surface area contributed by atoms with Crippen LogP contribution >= 0.6 is 11.6 Å². The van der Waals surface area contributed by atoms with Crippen LogP contribution in [0, 0.1) is 16.0 Å². The Balaban J connectivity index is 2.17. The maximum Gasteiger partial charge on any atom is 0.384 e. The summed E-state index contributed by atoms with van der Waals surface area (Å²) in [6, 6.07) is 0. The van der Waals surface area contributed by atoms with Crippen LogP contribution in [0.15, 0.2) is 6.33 Å². The van der Waals surface area contributed by atoms with Gasteiger partial charge < -0.3 is 14.7 Å². The largest absolute Gasteiger partial charge is 0.384 e. The monoisotopic (exact) mass is 229 g/mol. The van der Waals surface area contributed by atoms with Gasteiger partial charge in [0.25, 0.3) is 0 Å². The molecule has 1 unspecified atom stereocenters. The molecule has 1 fully saturated rings. The predicted molar refractivity (Wildman–Crippen MR) is 55.9 cm³/mol. The van der Waals surface area contributed by atoms with E-state index >= 15 is 0 Å². The molecule has 1 aromatic heterocycles. The lowest BCUT2D eigenvalue weighted by atomic mass is 10.1. The molecule has 1 aromatic rings. The minimum Gasteiger partial charge on any atom is -0.358 e. The van der Waals surface area contributed by atoms with E-state index in [1.165, 1.54) is 6.33 Å². The third kappa shape index (κ3) is 2.12. The van der Waals surface area contributed by atoms with Crippen molar-refractivity contribution in [3.05, 3.63) is 22.1 Å². The molecule has 0 N–H and O–H groups in total. The first kappa shape index (κ1) is 10.4. The molecule has 1 atom stereocenters. The molecule has 0 spiro atoms. The lowest BCUT2D eigenvalue weighted by molar-refractivity contribution is -0.390. The van der Waals surface area contributed by atoms with Crippen molar-refractivity contribution in [2.75, 3.05) is 0 Å². The average molecular weight is 230 g/mol. The lowest BCUT2D eigenvalue weighted by Gasteiger charge is -2.07. The van der Waals surface area contributed by atoms with Crippen LogP contribution in [0.3, 0.4) is 0 Å². The number of hydrogen-bond acceptors (Lipinski definition) is 3. The Morgan fingerprint density at radius 3 is 3.00 bits per heavy atom. The van der Waals surface area contributed by atoms with Crippen molar-refractivity contribution >= 4 is 17.4 Å². The Bertz CT molecular complexity index is 387. The van der Waals surface area contributed by atoms with Gasteiger partial charge >= 0.3 is 5.82 Å². The topological polar surface area (TPSA) is 61.0 Å². The van der Waals surface area contributed by atoms with Crippen molar-refractivity contribution in [1.29, 1.82) is 0 Å². The summed E-state index contributed by atoms with van der Waals surface area (Å²) in [7, 11) is 1.76. The van der Waals surface area contributed by atoms with Gasteiger partial charge in [-0.05, 0) is 28.7 Å². The van der Waals surface area contributed by atoms with Crippen LogP contribution in [0.4, 0.5) is 5.82 Å². The Labute approximate surface area is 92.2 Å². The van der Waals surface area contributed by atoms with E-state index < -0.39 is 4.92 Å². The van der Waals surface area contributed by atoms with E-state index in [2.05, 4.69) is 4.98 Å². The fraction of sp³-hybridized carbons (Fsp3) is 0.667. The number of hydrogen-bond donors (Lipinski definition) is 0. The number of aromatic nitrogens is 2. The Morgan fingerprint density at radius 2 is 2.47 bits per heavy atom. The SMILES string of the molecule is Cn1cnc([N+](=O)[O-])c1CC(Cl)C1CC1. The highest BCUT2D eigenvalue weighted by Gasteiger charge is 2.32. The molecular formula is C9H12ClN3O2. The minimum atomic E-state index is -0.453. The highest BCUT2D eigenvalue weighted by Crippen LogP contribution is 2.37. The summed E-state index contributed by atoms with van der Waals surface area (Å²) >= 11 is 6.15. The highest BCUT2D eigenvalue weighted by atomic mass is 35.5. The second kappa shape index (κ2) is 3.81. The van der Waals surface area contributed by atoms with Gasteiger partial charge in [-0.3, -0.25) is 0 Å². The van der Waals surface area contributed by atoms with E-state index in [1.807, 2.05) is 0 Å². The number of imidazole rings is 1. The van der Waals surface area contributed by atoms with Gasteiger partial charge in [0.15, 0.2) is 0 Å². The van der Waals surface area contributed by atoms with Gasteiger partial charge in [0.2, 0.25) is 6.33 Å². The van der Waals surface area contributed by atoms with Crippen molar-refractivity contribution in [3.63, 3.8) is 0 Å². The molecule has 1 aliphatic rings. The molecule has 1 aliphatic carbocycles. The summed E-state index contributed by atoms with van der Waals surface area (Å²) in [5, 5.41) is 10.7. The second-order valence-electron chi connectivity index (χ2n) is 3.94. The van der Waals surface area contributed by atoms with E-state index in [0.717, 1.165) is 12.8 Å². The molecule has 82 valence electrons. The van der Waals surface area contributed by atoms with Gasteiger partial charge in [0.05, 0.1) is 0 Å². The average Bonchev–Trinajstić information content (AvgIpc) is 2.94. The molecular weight excluding hydrogens is 218 g/mol. The molecule has 0 aromatic carbocycles. The van der Waals surface area contributed by atoms with E-state index in [4.69, 9.17) is 11.6 Å². The van der Waals surface area contributed by atoms with Gasteiger partial charge in [-0.1, -0.05) is 0 Å². The summed E-state index contributed by atoms with van der Waals surface area (Å²) in [5.41, 5.74) is 0.618. The zero-order valence-electron chi connectivity index (χ0n) is 8.39. The fourth-order valence-electron chi connectivity index (χ4n) is 1.64. The van der Waals surface area contributed by atoms with Crippen LogP contribution in [-0.2, 0) is 13.5 Å². The third-order valence-corrected chi connectivity index (χ3v) is 3.24. The van der Waals surface area contributed by atoms with Crippen molar-refractivity contribution in [2.24, 2.45) is 13.0 Å². The van der Waals surface area contributed by atoms with E-state index in [-0.39, 0.29) is 11.2 Å². The van der Waals surface area contributed by atoms with Crippen LogP contribution in [0.25, 0.3) is 0 Å². The van der Waals surface area contributed by atoms with Crippen LogP contribution in [0.5, 0.6) is 0 Å². The minimum absolute atomic E-state index is 0.000833. The molecule has 1 saturated carbocycles. The number of alkyl halides is 1. The van der Waals surface area contributed by atoms with Gasteiger partial charge in [0.1, 0.15) is 5.69 Å². The first-order chi connectivity index (χ1) is 7.09. The molecule has 15 heavy (non-hydrogen) atoms. The molecule has 0 radical (unpaired) electrons. The quantitative estimate of drug-likeness (QED) is 0.450. The van der Waals surface area contributed by atoms with E-state index in [0.29, 0.717) is 18.0 Å². The molecule has 0 aliphatic heterocycles. The first-order valence-electron chi connectivity index (χ1n) is 4.88. The number of aryl methyl sites for hydroxylation is 1. The molecule has 0 saturated heterocycles. The Kier molecular flexibility index (Phi) is 2.65. The smallest absolute Gasteiger partial charge is 0.358 e. The van der Waals surface area contributed by atoms with Crippen LogP contribution in [0.1, 0.15) is 18.5 Å². The fourth-order valence-corrected chi connectivity index (χ4v) is 2.04.